The van der Waals surface area contributed by atoms with E-state index in [2.05, 4.69) is 208 Å². The van der Waals surface area contributed by atoms with Crippen LogP contribution in [0.15, 0.2) is 138 Å². The van der Waals surface area contributed by atoms with Crippen molar-refractivity contribution in [2.45, 2.75) is 152 Å². The Hall–Kier alpha value is -6.36. The summed E-state index contributed by atoms with van der Waals surface area (Å²) in [6, 6.07) is 38.3. The van der Waals surface area contributed by atoms with Crippen LogP contribution in [0.5, 0.6) is 0 Å². The summed E-state index contributed by atoms with van der Waals surface area (Å²) >= 11 is 5.21. The summed E-state index contributed by atoms with van der Waals surface area (Å²) in [6.07, 6.45) is 11.9. The molecular formula is C73H81B3N2S. The molecule has 4 aliphatic rings. The van der Waals surface area contributed by atoms with Crippen molar-refractivity contribution in [3.63, 3.8) is 0 Å². The number of rotatable bonds is 6. The van der Waals surface area contributed by atoms with E-state index < -0.39 is 0 Å². The fraction of sp³-hybridized carbons (Fsp3) is 0.315. The molecule has 0 aliphatic heterocycles. The van der Waals surface area contributed by atoms with Crippen molar-refractivity contribution in [2.24, 2.45) is 0 Å². The maximum atomic E-state index is 7.09. The Morgan fingerprint density at radius 2 is 1.20 bits per heavy atom. The molecule has 0 amide bonds. The van der Waals surface area contributed by atoms with Crippen molar-refractivity contribution in [3.8, 4) is 11.1 Å². The molecule has 2 nitrogen and oxygen atoms in total. The van der Waals surface area contributed by atoms with Crippen LogP contribution in [0.3, 0.4) is 0 Å². The van der Waals surface area contributed by atoms with Crippen LogP contribution < -0.4 is 31.4 Å². The van der Waals surface area contributed by atoms with E-state index in [1.807, 2.05) is 40.7 Å². The highest BCUT2D eigenvalue weighted by molar-refractivity contribution is 7.80. The third kappa shape index (κ3) is 9.77. The van der Waals surface area contributed by atoms with Crippen molar-refractivity contribution >= 4 is 108 Å². The summed E-state index contributed by atoms with van der Waals surface area (Å²) in [5.41, 5.74) is 26.9. The molecule has 6 radical (unpaired) electrons. The third-order valence-electron chi connectivity index (χ3n) is 17.7. The van der Waals surface area contributed by atoms with Crippen molar-refractivity contribution in [1.82, 2.24) is 0 Å². The highest BCUT2D eigenvalue weighted by atomic mass is 32.1. The first kappa shape index (κ1) is 58.8. The lowest BCUT2D eigenvalue weighted by molar-refractivity contribution is 0.651. The number of thiol groups is 1. The normalized spacial score (nSPS) is 14.5. The molecule has 0 saturated carbocycles. The summed E-state index contributed by atoms with van der Waals surface area (Å²) in [5.74, 6) is 0. The first-order valence-electron chi connectivity index (χ1n) is 28.9. The van der Waals surface area contributed by atoms with Crippen LogP contribution in [-0.2, 0) is 17.3 Å². The predicted molar refractivity (Wildman–Crippen MR) is 355 cm³/mol. The maximum Gasteiger partial charge on any atom is 0.115 e. The zero-order valence-electron chi connectivity index (χ0n) is 50.4. The number of benzene rings is 8. The van der Waals surface area contributed by atoms with Crippen LogP contribution in [0, 0.1) is 41.5 Å². The van der Waals surface area contributed by atoms with Gasteiger partial charge in [-0.05, 0) is 180 Å². The van der Waals surface area contributed by atoms with Gasteiger partial charge in [0, 0.05) is 50.4 Å². The molecule has 6 heteroatoms. The molecule has 0 spiro atoms. The zero-order chi connectivity index (χ0) is 57.6. The first-order valence-corrected chi connectivity index (χ1v) is 29.3. The average molecular weight is 1050 g/mol. The molecule has 8 aromatic rings. The highest BCUT2D eigenvalue weighted by Crippen LogP contribution is 2.53. The lowest BCUT2D eigenvalue weighted by Crippen LogP contribution is -2.34. The third-order valence-corrected chi connectivity index (χ3v) is 18.3. The lowest BCUT2D eigenvalue weighted by atomic mass is 9.75. The monoisotopic (exact) mass is 1050 g/mol. The molecule has 4 aliphatic carbocycles. The number of anilines is 4. The molecule has 0 unspecified atom stereocenters. The standard InChI is InChI=1S/C50H45B3N2S.C15H16.C4H8.2C2H6/c1-25-26(2)44(51)30(6)47(28(25)4)54(9)40-22-16-31-15-20-37-41(23-17-32-14-19-36(40)42(31)43(32)37)55(48-46(53)45(52)27(3)29(5)49(48)56)33-18-21-35-34-12-10-11-13-38(34)50(7,8)39(35)24-33;1-15(2)13-9-5-3-7-11(13)12-8-4-6-10-14(12)15;1-3-4-2;2*1-2/h10-15,17-21,23-24,56H,16,22H2,1-9H3;3,5-7,9-10H,4,8H2,1-2H3;3H,1,4H2,2H3;2*1-2H3. The molecule has 0 aromatic heterocycles. The second-order valence-corrected chi connectivity index (χ2v) is 22.9. The Kier molecular flexibility index (Phi) is 17.4. The van der Waals surface area contributed by atoms with Gasteiger partial charge in [0.1, 0.15) is 23.5 Å². The van der Waals surface area contributed by atoms with E-state index in [-0.39, 0.29) is 10.8 Å². The smallest absolute Gasteiger partial charge is 0.115 e. The molecule has 0 heterocycles. The largest absolute Gasteiger partial charge is 0.347 e. The van der Waals surface area contributed by atoms with Crippen molar-refractivity contribution in [3.05, 3.63) is 200 Å². The fourth-order valence-electron chi connectivity index (χ4n) is 13.0. The fourth-order valence-corrected chi connectivity index (χ4v) is 13.4. The van der Waals surface area contributed by atoms with Gasteiger partial charge in [0.2, 0.25) is 0 Å². The molecule has 0 atom stereocenters. The van der Waals surface area contributed by atoms with E-state index in [0.717, 1.165) is 68.8 Å². The number of aryl methyl sites for hydroxylation is 1. The highest BCUT2D eigenvalue weighted by Gasteiger charge is 2.38. The van der Waals surface area contributed by atoms with Gasteiger partial charge in [0.25, 0.3) is 0 Å². The summed E-state index contributed by atoms with van der Waals surface area (Å²) in [4.78, 5) is 5.54. The van der Waals surface area contributed by atoms with Crippen molar-refractivity contribution < 1.29 is 0 Å². The Morgan fingerprint density at radius 3 is 1.87 bits per heavy atom. The van der Waals surface area contributed by atoms with Gasteiger partial charge in [-0.15, -0.1) is 19.2 Å². The minimum absolute atomic E-state index is 0.179. The average Bonchev–Trinajstić information content (AvgIpc) is 3.95. The summed E-state index contributed by atoms with van der Waals surface area (Å²) < 4.78 is 0. The van der Waals surface area contributed by atoms with Gasteiger partial charge < -0.3 is 9.80 Å². The SMILES string of the molecule is C=CCC.CC.CC.CC1(C)C2=C(CCC=C2)c2ccccc21.[B]c1c([B])c(N(c2ccc3c(c2)C(C)(C)c2ccccc2-3)c2ccc3ccc4c5c(ccc2c35)CCC=4N(C)c2c(C)c([B])c(C)c(C)c2C)c(S)c(C)c1C. The van der Waals surface area contributed by atoms with Crippen LogP contribution in [0.1, 0.15) is 149 Å². The Labute approximate surface area is 484 Å². The van der Waals surface area contributed by atoms with Crippen molar-refractivity contribution in [2.75, 3.05) is 16.8 Å². The minimum Gasteiger partial charge on any atom is -0.347 e. The molecule has 398 valence electrons. The van der Waals surface area contributed by atoms with Crippen LogP contribution in [0.2, 0.25) is 0 Å². The molecule has 79 heavy (non-hydrogen) atoms. The molecule has 8 aromatic carbocycles. The van der Waals surface area contributed by atoms with Crippen LogP contribution >= 0.6 is 12.6 Å². The summed E-state index contributed by atoms with van der Waals surface area (Å²) in [6.45, 7) is 35.7. The number of hydrogen-bond donors (Lipinski definition) is 1. The van der Waals surface area contributed by atoms with Gasteiger partial charge in [-0.3, -0.25) is 0 Å². The Bertz CT molecular complexity index is 3760. The van der Waals surface area contributed by atoms with Crippen molar-refractivity contribution in [1.29, 1.82) is 0 Å². The summed E-state index contributed by atoms with van der Waals surface area (Å²) in [7, 11) is 22.8. The molecule has 0 fully saturated rings. The van der Waals surface area contributed by atoms with Gasteiger partial charge in [-0.2, -0.15) is 0 Å². The predicted octanol–water partition coefficient (Wildman–Crippen LogP) is 16.9. The first-order chi connectivity index (χ1) is 37.8. The van der Waals surface area contributed by atoms with Gasteiger partial charge >= 0.3 is 0 Å². The number of hydrogen-bond acceptors (Lipinski definition) is 3. The number of nitrogens with zero attached hydrogens (tertiary/aromatic N) is 2. The van der Waals surface area contributed by atoms with E-state index in [0.29, 0.717) is 10.9 Å². The summed E-state index contributed by atoms with van der Waals surface area (Å²) in [5, 5.41) is 6.20. The van der Waals surface area contributed by atoms with Gasteiger partial charge in [-0.25, -0.2) is 0 Å². The second kappa shape index (κ2) is 23.4. The second-order valence-electron chi connectivity index (χ2n) is 22.4. The van der Waals surface area contributed by atoms with Gasteiger partial charge in [0.15, 0.2) is 0 Å². The lowest BCUT2D eigenvalue weighted by Gasteiger charge is -2.34. The van der Waals surface area contributed by atoms with E-state index in [1.165, 1.54) is 107 Å². The number of fused-ring (bicyclic) bond motifs is 5. The van der Waals surface area contributed by atoms with E-state index in [4.69, 9.17) is 36.2 Å². The van der Waals surface area contributed by atoms with Gasteiger partial charge in [0.05, 0.1) is 11.4 Å². The van der Waals surface area contributed by atoms with Crippen LogP contribution in [0.25, 0.3) is 43.9 Å². The molecule has 0 N–H and O–H groups in total. The molecule has 12 rings (SSSR count). The Balaban J connectivity index is 0.000000298. The maximum absolute atomic E-state index is 7.09. The van der Waals surface area contributed by atoms with E-state index >= 15 is 0 Å². The van der Waals surface area contributed by atoms with Crippen LogP contribution in [0.4, 0.5) is 22.7 Å². The van der Waals surface area contributed by atoms with Crippen LogP contribution in [-0.4, -0.2) is 30.6 Å². The van der Waals surface area contributed by atoms with E-state index in [1.54, 1.807) is 5.57 Å². The Morgan fingerprint density at radius 1 is 0.595 bits per heavy atom. The van der Waals surface area contributed by atoms with E-state index in [9.17, 15) is 0 Å². The molecule has 0 bridgehead atoms. The molecular weight excluding hydrogens is 969 g/mol. The quantitative estimate of drug-likeness (QED) is 0.101. The van der Waals surface area contributed by atoms with Gasteiger partial charge in [-0.1, -0.05) is 193 Å². The minimum atomic E-state index is -0.179. The molecule has 0 saturated heterocycles. The topological polar surface area (TPSA) is 6.48 Å². The number of allylic oxidation sites excluding steroid dienone is 5. The zero-order valence-corrected chi connectivity index (χ0v) is 51.3.